The van der Waals surface area contributed by atoms with Gasteiger partial charge in [-0.05, 0) is 0 Å². The third kappa shape index (κ3) is 9.06. The third-order valence-corrected chi connectivity index (χ3v) is 0. The molecule has 0 rings (SSSR count). The van der Waals surface area contributed by atoms with Crippen molar-refractivity contribution in [3.63, 3.8) is 0 Å². The molecule has 0 aromatic heterocycles. The van der Waals surface area contributed by atoms with Crippen molar-refractivity contribution in [1.82, 2.24) is 0 Å². The van der Waals surface area contributed by atoms with E-state index in [9.17, 15) is 0 Å². The first-order valence-corrected chi connectivity index (χ1v) is 0. The Morgan fingerprint density at radius 3 is 1.00 bits per heavy atom. The molecule has 0 heterocycles. The number of hydrogen-bond donors (Lipinski definition) is 0. The standard InChI is InChI=1S/Be.Fe.Nb.Ni.2H. The first-order valence-electron chi connectivity index (χ1n) is 0. The van der Waals surface area contributed by atoms with Crippen LogP contribution in [0.3, 0.4) is 0 Å². The molecule has 0 amide bonds. The Bertz CT molecular complexity index is 8.00. The second-order valence-corrected chi connectivity index (χ2v) is 0. The average Bonchev–Trinajstić information content (AvgIpc) is 0. The molecule has 4 heteroatoms. The van der Waals surface area contributed by atoms with E-state index in [-0.39, 0.29) is 66.1 Å². The van der Waals surface area contributed by atoms with E-state index >= 15 is 0 Å². The molecule has 0 fully saturated rings. The maximum atomic E-state index is 0. The van der Waals surface area contributed by atoms with Gasteiger partial charge in [0, 0.05) is 55.9 Å². The largest absolute Gasteiger partial charge is 0 e. The van der Waals surface area contributed by atoms with Crippen LogP contribution in [0.25, 0.3) is 0 Å². The quantitative estimate of drug-likeness (QED) is 0.461. The minimum atomic E-state index is 0. The molecule has 0 N–H and O–H groups in total. The molecule has 0 aliphatic heterocycles. The van der Waals surface area contributed by atoms with Gasteiger partial charge >= 0.3 is 10.1 Å². The van der Waals surface area contributed by atoms with Crippen molar-refractivity contribution < 1.29 is 55.9 Å². The molecule has 0 aromatic rings. The molecule has 1 radical (unpaired) electrons. The van der Waals surface area contributed by atoms with Gasteiger partial charge in [-0.15, -0.1) is 0 Å². The van der Waals surface area contributed by atoms with E-state index in [1.54, 1.807) is 0 Å². The normalized spacial score (nSPS) is 0. The Balaban J connectivity index is 0. The monoisotopic (exact) mass is 218 g/mol. The predicted octanol–water partition coefficient (Wildman–Crippen LogP) is -0.924. The topological polar surface area (TPSA) is 0 Å². The van der Waals surface area contributed by atoms with Crippen LogP contribution < -0.4 is 0 Å². The molecule has 0 spiro atoms. The Labute approximate surface area is 65.6 Å². The molecule has 0 aliphatic carbocycles. The molecular formula is H2BeFeNbNi. The summed E-state index contributed by atoms with van der Waals surface area (Å²) in [5, 5.41) is 0. The van der Waals surface area contributed by atoms with Gasteiger partial charge in [-0.1, -0.05) is 0 Å². The number of rotatable bonds is 0. The molecule has 0 saturated heterocycles. The molecule has 0 aliphatic rings. The Hall–Kier alpha value is 1.92. The Kier molecular flexibility index (Phi) is 199. The molecule has 0 atom stereocenters. The molecule has 0 nitrogen and oxygen atoms in total. The van der Waals surface area contributed by atoms with Crippen molar-refractivity contribution in [2.45, 2.75) is 0 Å². The summed E-state index contributed by atoms with van der Waals surface area (Å²) in [4.78, 5) is 0. The fourth-order valence-electron chi connectivity index (χ4n) is 0. The van der Waals surface area contributed by atoms with Crippen LogP contribution in [0, 0.1) is 0 Å². The predicted molar refractivity (Wildman–Crippen MR) is 8.54 cm³/mol. The minimum absolute atomic E-state index is 0. The molecular weight excluding hydrogens is 216 g/mol. The summed E-state index contributed by atoms with van der Waals surface area (Å²) in [6, 6.07) is 0. The fraction of sp³-hybridized carbons (Fsp3) is 0. The molecule has 0 unspecified atom stereocenters. The van der Waals surface area contributed by atoms with Crippen LogP contribution in [0.5, 0.6) is 0 Å². The summed E-state index contributed by atoms with van der Waals surface area (Å²) in [7, 11) is 0. The zero-order valence-corrected chi connectivity index (χ0v) is 5.41. The molecule has 4 heavy (non-hydrogen) atoms. The second kappa shape index (κ2) is 20.5. The molecule has 0 saturated carbocycles. The van der Waals surface area contributed by atoms with Gasteiger partial charge in [0.05, 0.1) is 0 Å². The van der Waals surface area contributed by atoms with Crippen molar-refractivity contribution in [3.8, 4) is 0 Å². The van der Waals surface area contributed by atoms with Crippen LogP contribution in [0.2, 0.25) is 0 Å². The van der Waals surface area contributed by atoms with E-state index in [4.69, 9.17) is 0 Å². The van der Waals surface area contributed by atoms with Gasteiger partial charge in [-0.2, -0.15) is 0 Å². The van der Waals surface area contributed by atoms with E-state index in [0.29, 0.717) is 0 Å². The fourth-order valence-corrected chi connectivity index (χ4v) is 0. The van der Waals surface area contributed by atoms with E-state index in [2.05, 4.69) is 0 Å². The van der Waals surface area contributed by atoms with Crippen LogP contribution in [0.4, 0.5) is 0 Å². The smallest absolute Gasteiger partial charge is 0 e. The van der Waals surface area contributed by atoms with Crippen LogP contribution in [0.15, 0.2) is 0 Å². The van der Waals surface area contributed by atoms with Gasteiger partial charge in [0.2, 0.25) is 0 Å². The van der Waals surface area contributed by atoms with Gasteiger partial charge in [0.1, 0.15) is 0 Å². The van der Waals surface area contributed by atoms with Gasteiger partial charge < -0.3 is 0 Å². The van der Waals surface area contributed by atoms with Gasteiger partial charge in [0.15, 0.2) is 0 Å². The van der Waals surface area contributed by atoms with Crippen LogP contribution in [-0.2, 0) is 55.9 Å². The third-order valence-electron chi connectivity index (χ3n) is 0. The number of hydrogen-bond acceptors (Lipinski definition) is 0. The summed E-state index contributed by atoms with van der Waals surface area (Å²) in [6.45, 7) is 0. The van der Waals surface area contributed by atoms with E-state index < -0.39 is 0 Å². The molecule has 27 valence electrons. The minimum Gasteiger partial charge on any atom is 0 e. The van der Waals surface area contributed by atoms with E-state index in [1.165, 1.54) is 0 Å². The molecule has 0 aromatic carbocycles. The van der Waals surface area contributed by atoms with Crippen molar-refractivity contribution in [1.29, 1.82) is 0 Å². The zero-order chi connectivity index (χ0) is 0. The van der Waals surface area contributed by atoms with Crippen LogP contribution in [-0.4, -0.2) is 10.1 Å². The maximum Gasteiger partial charge on any atom is 0 e. The zero-order valence-electron chi connectivity index (χ0n) is 1.12. The van der Waals surface area contributed by atoms with Crippen LogP contribution >= 0.6 is 0 Å². The average molecular weight is 218 g/mol. The second-order valence-electron chi connectivity index (χ2n) is 0. The summed E-state index contributed by atoms with van der Waals surface area (Å²) >= 11 is 0. The molecule has 0 bridgehead atoms. The maximum absolute atomic E-state index is 0. The van der Waals surface area contributed by atoms with Crippen molar-refractivity contribution in [3.05, 3.63) is 0 Å². The Morgan fingerprint density at radius 1 is 1.00 bits per heavy atom. The first kappa shape index (κ1) is 38.8. The Morgan fingerprint density at radius 2 is 1.00 bits per heavy atom. The van der Waals surface area contributed by atoms with Gasteiger partial charge in [-0.3, -0.25) is 0 Å². The van der Waals surface area contributed by atoms with Crippen molar-refractivity contribution >= 4 is 10.1 Å². The van der Waals surface area contributed by atoms with E-state index in [0.717, 1.165) is 0 Å². The summed E-state index contributed by atoms with van der Waals surface area (Å²) in [5.74, 6) is 0. The van der Waals surface area contributed by atoms with Gasteiger partial charge in [-0.25, -0.2) is 0 Å². The van der Waals surface area contributed by atoms with Crippen molar-refractivity contribution in [2.24, 2.45) is 0 Å². The SMILES string of the molecule is [BeH2].[Fe].[Nb].[Ni]. The summed E-state index contributed by atoms with van der Waals surface area (Å²) < 4.78 is 0. The summed E-state index contributed by atoms with van der Waals surface area (Å²) in [5.41, 5.74) is 0. The van der Waals surface area contributed by atoms with Crippen LogP contribution in [0.1, 0.15) is 0 Å². The summed E-state index contributed by atoms with van der Waals surface area (Å²) in [6.07, 6.45) is 0. The first-order chi connectivity index (χ1) is 0. The van der Waals surface area contributed by atoms with Crippen molar-refractivity contribution in [2.75, 3.05) is 0 Å². The van der Waals surface area contributed by atoms with E-state index in [1.807, 2.05) is 0 Å². The van der Waals surface area contributed by atoms with Gasteiger partial charge in [0.25, 0.3) is 0 Å².